The molecule has 3 heterocycles. The van der Waals surface area contributed by atoms with Gasteiger partial charge in [-0.3, -0.25) is 39.9 Å². The first kappa shape index (κ1) is 84.2. The number of aromatic nitrogens is 5. The molecule has 0 spiro atoms. The van der Waals surface area contributed by atoms with Crippen molar-refractivity contribution in [3.05, 3.63) is 333 Å². The van der Waals surface area contributed by atoms with Crippen molar-refractivity contribution < 1.29 is 0 Å². The Balaban J connectivity index is 0.000000191. The third kappa shape index (κ3) is 26.1. The Bertz CT molecular complexity index is 4680. The Labute approximate surface area is 646 Å². The van der Waals surface area contributed by atoms with Crippen molar-refractivity contribution in [3.8, 4) is 0 Å². The minimum atomic E-state index is -0.0110. The molecule has 12 nitrogen and oxygen atoms in total. The minimum absolute atomic E-state index is 0.0110. The van der Waals surface area contributed by atoms with Crippen LogP contribution in [-0.2, 0) is 7.05 Å². The molecule has 3 aromatic heterocycles. The van der Waals surface area contributed by atoms with Crippen molar-refractivity contribution in [2.75, 3.05) is 0 Å². The smallest absolute Gasteiger partial charge is 0.170 e. The van der Waals surface area contributed by atoms with Gasteiger partial charge in [0.1, 0.15) is 5.82 Å². The maximum atomic E-state index is 5.09. The first-order valence-electron chi connectivity index (χ1n) is 38.0. The standard InChI is InChI=1S/C26H36N2.C24H32N2.C20H18N2.C13H15N3.C13H13N3/c1-16(2)22-13-10-12-19(7)25(22)27-20(8)21(9)28-26-23(17(3)4)14-11-15-24(26)18(5)6;1-16(2)20-11-8-10-19(7)23(20)25-14-15-26-24-21(17(3)4)12-9-13-22(24)18(5)6;1-16-8-7-11-18(14-16)20(17-9-3-2-4-10-17)22-15-19-12-5-6-13-21-19;1-11(12-6-4-3-5-7-12)15-10-13-14-8-9-16(13)2;1-11(12-6-3-2-4-7-12)16-10-13-14-8-5-9-15-13/h10-18H,1-9H3;8-18H,1-7H3;2-15,20H,1H3;3-11H,1-2H3;2-11H,1H3/t;;;2*11-/m...00/s1. The van der Waals surface area contributed by atoms with E-state index in [-0.39, 0.29) is 18.1 Å². The lowest BCUT2D eigenvalue weighted by molar-refractivity contribution is 0.818. The molecular formula is C96H114N12. The second kappa shape index (κ2) is 43.5. The molecule has 0 saturated heterocycles. The Morgan fingerprint density at radius 3 is 1.20 bits per heavy atom. The molecule has 0 radical (unpaired) electrons. The van der Waals surface area contributed by atoms with Crippen LogP contribution in [0.2, 0.25) is 0 Å². The number of rotatable bonds is 22. The number of aliphatic imine (C=N–C) groups is 7. The molecule has 0 saturated carbocycles. The Morgan fingerprint density at radius 2 is 0.741 bits per heavy atom. The highest BCUT2D eigenvalue weighted by molar-refractivity contribution is 6.41. The van der Waals surface area contributed by atoms with Crippen LogP contribution < -0.4 is 0 Å². The molecule has 0 bridgehead atoms. The molecule has 8 aromatic carbocycles. The predicted octanol–water partition coefficient (Wildman–Crippen LogP) is 25.6. The van der Waals surface area contributed by atoms with Gasteiger partial charge in [-0.15, -0.1) is 0 Å². The number of benzene rings is 8. The number of hydrogen-bond acceptors (Lipinski definition) is 11. The maximum Gasteiger partial charge on any atom is 0.170 e. The van der Waals surface area contributed by atoms with Crippen LogP contribution in [0.5, 0.6) is 0 Å². The van der Waals surface area contributed by atoms with Gasteiger partial charge in [0.15, 0.2) is 5.82 Å². The molecule has 108 heavy (non-hydrogen) atoms. The Morgan fingerprint density at radius 1 is 0.343 bits per heavy atom. The van der Waals surface area contributed by atoms with Crippen LogP contribution in [0, 0.1) is 20.8 Å². The normalized spacial score (nSPS) is 12.8. The number of hydrogen-bond donors (Lipinski definition) is 0. The molecule has 11 aromatic rings. The molecule has 0 aliphatic rings. The summed E-state index contributed by atoms with van der Waals surface area (Å²) in [6, 6.07) is 73.0. The maximum absolute atomic E-state index is 5.09. The summed E-state index contributed by atoms with van der Waals surface area (Å²) in [5.74, 6) is 4.18. The summed E-state index contributed by atoms with van der Waals surface area (Å²) in [4.78, 5) is 50.0. The van der Waals surface area contributed by atoms with Gasteiger partial charge >= 0.3 is 0 Å². The van der Waals surface area contributed by atoms with E-state index in [1.54, 1.807) is 37.1 Å². The van der Waals surface area contributed by atoms with Gasteiger partial charge in [-0.05, 0) is 169 Å². The molecule has 0 aliphatic carbocycles. The number of para-hydroxylation sites is 4. The van der Waals surface area contributed by atoms with Crippen molar-refractivity contribution in [1.29, 1.82) is 0 Å². The Kier molecular flexibility index (Phi) is 33.9. The molecule has 0 fully saturated rings. The average Bonchev–Trinajstić information content (AvgIpc) is 0.956. The molecule has 3 atom stereocenters. The van der Waals surface area contributed by atoms with E-state index in [1.807, 2.05) is 103 Å². The summed E-state index contributed by atoms with van der Waals surface area (Å²) >= 11 is 0. The van der Waals surface area contributed by atoms with Crippen LogP contribution >= 0.6 is 0 Å². The van der Waals surface area contributed by atoms with E-state index < -0.39 is 0 Å². The molecule has 12 heteroatoms. The molecule has 0 N–H and O–H groups in total. The van der Waals surface area contributed by atoms with Crippen LogP contribution in [-0.4, -0.2) is 67.0 Å². The monoisotopic (exact) mass is 1430 g/mol. The fourth-order valence-electron chi connectivity index (χ4n) is 12.0. The molecule has 0 aliphatic heterocycles. The van der Waals surface area contributed by atoms with Crippen molar-refractivity contribution >= 4 is 65.2 Å². The van der Waals surface area contributed by atoms with Crippen molar-refractivity contribution in [2.24, 2.45) is 42.0 Å². The SMILES string of the molecule is CC(=Nc1c(C)cccc1C(C)C)C(C)=Nc1c(C(C)C)cccc1C(C)C.C[C@H](N=Cc1ncccn1)c1ccccc1.C[C@H](N=Cc1nccn1C)c1ccccc1.Cc1cccc(C(C)C)c1N=CC=Nc1c(C(C)C)cccc1C(C)C.Cc1cccc(C(N=Cc2ccccn2)c2ccccc2)c1. The van der Waals surface area contributed by atoms with Gasteiger partial charge in [-0.25, -0.2) is 15.0 Å². The van der Waals surface area contributed by atoms with Crippen LogP contribution in [0.1, 0.15) is 254 Å². The van der Waals surface area contributed by atoms with Crippen molar-refractivity contribution in [1.82, 2.24) is 24.5 Å². The molecular weight excluding hydrogens is 1320 g/mol. The summed E-state index contributed by atoms with van der Waals surface area (Å²) in [7, 11) is 1.96. The number of aryl methyl sites for hydroxylation is 4. The molecule has 558 valence electrons. The highest BCUT2D eigenvalue weighted by Crippen LogP contribution is 2.38. The highest BCUT2D eigenvalue weighted by atomic mass is 15.0. The third-order valence-electron chi connectivity index (χ3n) is 18.4. The summed E-state index contributed by atoms with van der Waals surface area (Å²) in [5.41, 5.74) is 23.4. The van der Waals surface area contributed by atoms with Crippen LogP contribution in [0.25, 0.3) is 0 Å². The Hall–Kier alpha value is -11.1. The lowest BCUT2D eigenvalue weighted by Gasteiger charge is -2.17. The quantitative estimate of drug-likeness (QED) is 0.0623. The molecule has 0 amide bonds. The van der Waals surface area contributed by atoms with Gasteiger partial charge in [0, 0.05) is 56.7 Å². The predicted molar refractivity (Wildman–Crippen MR) is 463 cm³/mol. The van der Waals surface area contributed by atoms with Crippen molar-refractivity contribution in [2.45, 2.75) is 185 Å². The minimum Gasteiger partial charge on any atom is -0.333 e. The lowest BCUT2D eigenvalue weighted by atomic mass is 9.93. The fourth-order valence-corrected chi connectivity index (χ4v) is 12.0. The summed E-state index contributed by atoms with van der Waals surface area (Å²) in [6.45, 7) is 41.3. The van der Waals surface area contributed by atoms with Gasteiger partial charge in [0.2, 0.25) is 0 Å². The molecule has 1 unspecified atom stereocenters. The second-order valence-electron chi connectivity index (χ2n) is 29.0. The second-order valence-corrected chi connectivity index (χ2v) is 29.0. The van der Waals surface area contributed by atoms with Gasteiger partial charge < -0.3 is 4.57 Å². The van der Waals surface area contributed by atoms with Gasteiger partial charge in [-0.2, -0.15) is 0 Å². The summed E-state index contributed by atoms with van der Waals surface area (Å²) in [6.07, 6.45) is 17.9. The van der Waals surface area contributed by atoms with E-state index in [0.717, 1.165) is 45.7 Å². The van der Waals surface area contributed by atoms with E-state index >= 15 is 0 Å². The zero-order chi connectivity index (χ0) is 78.1. The average molecular weight is 1440 g/mol. The van der Waals surface area contributed by atoms with E-state index in [0.29, 0.717) is 41.3 Å². The highest BCUT2D eigenvalue weighted by Gasteiger charge is 2.18. The zero-order valence-electron chi connectivity index (χ0n) is 67.5. The third-order valence-corrected chi connectivity index (χ3v) is 18.4. The first-order valence-corrected chi connectivity index (χ1v) is 38.0. The van der Waals surface area contributed by atoms with Gasteiger partial charge in [-0.1, -0.05) is 283 Å². The van der Waals surface area contributed by atoms with Crippen LogP contribution in [0.15, 0.2) is 278 Å². The summed E-state index contributed by atoms with van der Waals surface area (Å²) in [5, 5.41) is 0. The van der Waals surface area contributed by atoms with E-state index in [4.69, 9.17) is 25.0 Å². The summed E-state index contributed by atoms with van der Waals surface area (Å²) < 4.78 is 1.95. The fraction of sp³-hybridized carbons (Fsp3) is 0.302. The van der Waals surface area contributed by atoms with Gasteiger partial charge in [0.25, 0.3) is 0 Å². The van der Waals surface area contributed by atoms with Crippen LogP contribution in [0.4, 0.5) is 22.7 Å². The number of imidazole rings is 1. The number of pyridine rings is 1. The largest absolute Gasteiger partial charge is 0.333 e. The zero-order valence-corrected chi connectivity index (χ0v) is 67.5. The van der Waals surface area contributed by atoms with Crippen molar-refractivity contribution in [3.63, 3.8) is 0 Å². The topological polar surface area (TPSA) is 143 Å². The van der Waals surface area contributed by atoms with E-state index in [2.05, 4.69) is 307 Å². The van der Waals surface area contributed by atoms with Crippen LogP contribution in [0.3, 0.4) is 0 Å². The van der Waals surface area contributed by atoms with E-state index in [9.17, 15) is 0 Å². The number of nitrogens with zero attached hydrogens (tertiary/aromatic N) is 12. The van der Waals surface area contributed by atoms with E-state index in [1.165, 1.54) is 72.3 Å². The van der Waals surface area contributed by atoms with Gasteiger partial charge in [0.05, 0.1) is 70.4 Å². The molecule has 11 rings (SSSR count). The first-order chi connectivity index (χ1) is 51.9. The lowest BCUT2D eigenvalue weighted by Crippen LogP contribution is -2.07.